The monoisotopic (exact) mass is 237 g/mol. The van der Waals surface area contributed by atoms with Gasteiger partial charge in [-0.25, -0.2) is 0 Å². The van der Waals surface area contributed by atoms with E-state index in [0.29, 0.717) is 18.6 Å². The molecule has 0 aromatic heterocycles. The third-order valence-electron chi connectivity index (χ3n) is 2.57. The molecule has 6 heteroatoms. The number of nitro groups is 1. The molecule has 0 radical (unpaired) electrons. The number of benzene rings is 1. The van der Waals surface area contributed by atoms with E-state index < -0.39 is 4.92 Å². The Labute approximate surface area is 97.3 Å². The van der Waals surface area contributed by atoms with Gasteiger partial charge in [-0.3, -0.25) is 14.9 Å². The molecule has 0 spiro atoms. The maximum atomic E-state index is 10.8. The quantitative estimate of drug-likeness (QED) is 0.588. The van der Waals surface area contributed by atoms with Crippen LogP contribution in [-0.4, -0.2) is 23.9 Å². The van der Waals surface area contributed by atoms with Crippen molar-refractivity contribution in [3.8, 4) is 11.5 Å². The van der Waals surface area contributed by atoms with Crippen LogP contribution in [-0.2, 0) is 4.79 Å². The van der Waals surface area contributed by atoms with Gasteiger partial charge in [0.15, 0.2) is 0 Å². The van der Waals surface area contributed by atoms with Gasteiger partial charge in [-0.2, -0.15) is 0 Å². The van der Waals surface area contributed by atoms with E-state index >= 15 is 0 Å². The molecule has 1 aliphatic rings. The molecule has 1 saturated carbocycles. The summed E-state index contributed by atoms with van der Waals surface area (Å²) >= 11 is 0. The van der Waals surface area contributed by atoms with Crippen LogP contribution in [0.4, 0.5) is 5.69 Å². The van der Waals surface area contributed by atoms with Gasteiger partial charge < -0.3 is 9.47 Å². The van der Waals surface area contributed by atoms with Gasteiger partial charge in [-0.1, -0.05) is 0 Å². The number of hydrogen-bond donors (Lipinski definition) is 0. The molecular formula is C11H11NO5. The molecule has 17 heavy (non-hydrogen) atoms. The first-order chi connectivity index (χ1) is 8.10. The van der Waals surface area contributed by atoms with Crippen molar-refractivity contribution < 1.29 is 19.2 Å². The highest BCUT2D eigenvalue weighted by Crippen LogP contribution is 2.34. The lowest BCUT2D eigenvalue weighted by Gasteiger charge is -2.24. The minimum absolute atomic E-state index is 0.112. The van der Waals surface area contributed by atoms with Crippen LogP contribution in [0.15, 0.2) is 18.2 Å². The zero-order valence-corrected chi connectivity index (χ0v) is 9.21. The molecule has 1 aromatic rings. The lowest BCUT2D eigenvalue weighted by Crippen LogP contribution is -2.33. The third kappa shape index (κ3) is 2.35. The fourth-order valence-electron chi connectivity index (χ4n) is 1.58. The summed E-state index contributed by atoms with van der Waals surface area (Å²) in [5.74, 6) is 0.739. The summed E-state index contributed by atoms with van der Waals surface area (Å²) in [7, 11) is 1.47. The van der Waals surface area contributed by atoms with Crippen molar-refractivity contribution in [3.63, 3.8) is 0 Å². The van der Waals surface area contributed by atoms with Crippen LogP contribution in [0.2, 0.25) is 0 Å². The number of nitro benzene ring substituents is 1. The minimum Gasteiger partial charge on any atom is -0.497 e. The molecule has 1 fully saturated rings. The van der Waals surface area contributed by atoms with Crippen LogP contribution in [0.3, 0.4) is 0 Å². The second-order valence-corrected chi connectivity index (χ2v) is 3.78. The smallest absolute Gasteiger partial charge is 0.311 e. The van der Waals surface area contributed by atoms with Crippen LogP contribution < -0.4 is 9.47 Å². The first-order valence-corrected chi connectivity index (χ1v) is 5.11. The van der Waals surface area contributed by atoms with Gasteiger partial charge in [-0.15, -0.1) is 0 Å². The molecule has 0 amide bonds. The van der Waals surface area contributed by atoms with E-state index in [-0.39, 0.29) is 23.3 Å². The van der Waals surface area contributed by atoms with Crippen LogP contribution in [0.1, 0.15) is 12.8 Å². The summed E-state index contributed by atoms with van der Waals surface area (Å²) in [6, 6.07) is 4.28. The molecule has 0 bridgehead atoms. The second-order valence-electron chi connectivity index (χ2n) is 3.78. The van der Waals surface area contributed by atoms with Crippen molar-refractivity contribution in [1.82, 2.24) is 0 Å². The fourth-order valence-corrected chi connectivity index (χ4v) is 1.58. The molecule has 0 atom stereocenters. The Hall–Kier alpha value is -2.11. The molecule has 2 rings (SSSR count). The third-order valence-corrected chi connectivity index (χ3v) is 2.57. The Balaban J connectivity index is 2.22. The molecule has 90 valence electrons. The average Bonchev–Trinajstić information content (AvgIpc) is 2.26. The molecular weight excluding hydrogens is 226 g/mol. The van der Waals surface area contributed by atoms with E-state index in [1.165, 1.54) is 25.3 Å². The maximum Gasteiger partial charge on any atom is 0.311 e. The van der Waals surface area contributed by atoms with Crippen molar-refractivity contribution in [3.05, 3.63) is 28.3 Å². The topological polar surface area (TPSA) is 78.7 Å². The number of methoxy groups -OCH3 is 1. The van der Waals surface area contributed by atoms with Gasteiger partial charge in [0.25, 0.3) is 0 Å². The molecule has 1 aliphatic carbocycles. The number of carbonyl (C=O) groups excluding carboxylic acids is 1. The van der Waals surface area contributed by atoms with Gasteiger partial charge in [0.05, 0.1) is 12.0 Å². The lowest BCUT2D eigenvalue weighted by molar-refractivity contribution is -0.386. The van der Waals surface area contributed by atoms with Gasteiger partial charge in [0.1, 0.15) is 17.6 Å². The summed E-state index contributed by atoms with van der Waals surface area (Å²) in [5.41, 5.74) is -0.120. The summed E-state index contributed by atoms with van der Waals surface area (Å²) in [4.78, 5) is 21.1. The van der Waals surface area contributed by atoms with Crippen LogP contribution in [0.5, 0.6) is 11.5 Å². The second kappa shape index (κ2) is 4.40. The zero-order chi connectivity index (χ0) is 12.4. The summed E-state index contributed by atoms with van der Waals surface area (Å²) in [6.45, 7) is 0. The number of ether oxygens (including phenoxy) is 2. The first-order valence-electron chi connectivity index (χ1n) is 5.11. The van der Waals surface area contributed by atoms with E-state index in [1.54, 1.807) is 0 Å². The number of Topliss-reactive ketones (excluding diaryl/α,β-unsaturated/α-hetero) is 1. The Morgan fingerprint density at radius 1 is 1.41 bits per heavy atom. The highest BCUT2D eigenvalue weighted by molar-refractivity contribution is 5.85. The largest absolute Gasteiger partial charge is 0.497 e. The standard InChI is InChI=1S/C11H11NO5/c1-16-8-2-3-10(12(14)15)11(6-8)17-9-4-7(13)5-9/h2-3,6,9H,4-5H2,1H3. The highest BCUT2D eigenvalue weighted by Gasteiger charge is 2.30. The summed E-state index contributed by atoms with van der Waals surface area (Å²) in [5, 5.41) is 10.8. The first kappa shape index (κ1) is 11.4. The van der Waals surface area contributed by atoms with Crippen molar-refractivity contribution in [2.24, 2.45) is 0 Å². The zero-order valence-electron chi connectivity index (χ0n) is 9.21. The van der Waals surface area contributed by atoms with Crippen LogP contribution in [0.25, 0.3) is 0 Å². The van der Waals surface area contributed by atoms with Crippen LogP contribution >= 0.6 is 0 Å². The molecule has 0 heterocycles. The molecule has 0 saturated heterocycles. The number of rotatable bonds is 4. The predicted octanol–water partition coefficient (Wildman–Crippen LogP) is 1.71. The lowest BCUT2D eigenvalue weighted by atomic mass is 9.94. The maximum absolute atomic E-state index is 10.8. The normalized spacial score (nSPS) is 15.2. The van der Waals surface area contributed by atoms with E-state index in [1.807, 2.05) is 0 Å². The van der Waals surface area contributed by atoms with Crippen molar-refractivity contribution in [2.75, 3.05) is 7.11 Å². The highest BCUT2D eigenvalue weighted by atomic mass is 16.6. The predicted molar refractivity (Wildman–Crippen MR) is 58.3 cm³/mol. The Bertz CT molecular complexity index is 463. The van der Waals surface area contributed by atoms with E-state index in [4.69, 9.17) is 9.47 Å². The van der Waals surface area contributed by atoms with Crippen molar-refractivity contribution >= 4 is 11.5 Å². The van der Waals surface area contributed by atoms with Crippen LogP contribution in [0, 0.1) is 10.1 Å². The number of ketones is 1. The van der Waals surface area contributed by atoms with Crippen molar-refractivity contribution in [1.29, 1.82) is 0 Å². The van der Waals surface area contributed by atoms with Gasteiger partial charge in [-0.05, 0) is 6.07 Å². The summed E-state index contributed by atoms with van der Waals surface area (Å²) in [6.07, 6.45) is 0.372. The number of hydrogen-bond acceptors (Lipinski definition) is 5. The number of carbonyl (C=O) groups is 1. The summed E-state index contributed by atoms with van der Waals surface area (Å²) < 4.78 is 10.4. The van der Waals surface area contributed by atoms with E-state index in [0.717, 1.165) is 0 Å². The molecule has 1 aromatic carbocycles. The fraction of sp³-hybridized carbons (Fsp3) is 0.364. The molecule has 0 N–H and O–H groups in total. The van der Waals surface area contributed by atoms with Crippen molar-refractivity contribution in [2.45, 2.75) is 18.9 Å². The average molecular weight is 237 g/mol. The van der Waals surface area contributed by atoms with Gasteiger partial charge in [0, 0.05) is 25.0 Å². The SMILES string of the molecule is COc1ccc([N+](=O)[O-])c(OC2CC(=O)C2)c1. The molecule has 0 unspecified atom stereocenters. The van der Waals surface area contributed by atoms with E-state index in [2.05, 4.69) is 0 Å². The van der Waals surface area contributed by atoms with E-state index in [9.17, 15) is 14.9 Å². The van der Waals surface area contributed by atoms with Gasteiger partial charge in [0.2, 0.25) is 5.75 Å². The number of nitrogens with zero attached hydrogens (tertiary/aromatic N) is 1. The van der Waals surface area contributed by atoms with Gasteiger partial charge >= 0.3 is 5.69 Å². The molecule has 0 aliphatic heterocycles. The Morgan fingerprint density at radius 3 is 2.65 bits per heavy atom. The Morgan fingerprint density at radius 2 is 2.12 bits per heavy atom. The minimum atomic E-state index is -0.519. The Kier molecular flexibility index (Phi) is 2.95. The molecule has 6 nitrogen and oxygen atoms in total.